The molecule has 2 aromatic heterocycles. The molecular formula is C10H12N4. The summed E-state index contributed by atoms with van der Waals surface area (Å²) < 4.78 is 1.70. The molecule has 72 valence electrons. The van der Waals surface area contributed by atoms with Gasteiger partial charge in [-0.2, -0.15) is 0 Å². The molecule has 0 N–H and O–H groups in total. The molecule has 14 heavy (non-hydrogen) atoms. The van der Waals surface area contributed by atoms with Gasteiger partial charge in [0.05, 0.1) is 11.9 Å². The fourth-order valence-corrected chi connectivity index (χ4v) is 1.40. The summed E-state index contributed by atoms with van der Waals surface area (Å²) in [5.41, 5.74) is 3.16. The minimum absolute atomic E-state index is 0.844. The van der Waals surface area contributed by atoms with Gasteiger partial charge in [-0.25, -0.2) is 9.67 Å². The van der Waals surface area contributed by atoms with E-state index in [1.807, 2.05) is 33.2 Å². The molecule has 0 spiro atoms. The molecule has 4 nitrogen and oxygen atoms in total. The Bertz CT molecular complexity index is 459. The van der Waals surface area contributed by atoms with Crippen molar-refractivity contribution in [3.8, 4) is 5.82 Å². The van der Waals surface area contributed by atoms with Gasteiger partial charge in [0, 0.05) is 6.20 Å². The van der Waals surface area contributed by atoms with Crippen LogP contribution >= 0.6 is 0 Å². The molecule has 2 heterocycles. The summed E-state index contributed by atoms with van der Waals surface area (Å²) in [7, 11) is 0. The van der Waals surface area contributed by atoms with Gasteiger partial charge in [0.15, 0.2) is 5.82 Å². The summed E-state index contributed by atoms with van der Waals surface area (Å²) in [6.07, 6.45) is 3.70. The Morgan fingerprint density at radius 2 is 2.00 bits per heavy atom. The predicted molar refractivity (Wildman–Crippen MR) is 53.4 cm³/mol. The molecule has 0 saturated carbocycles. The van der Waals surface area contributed by atoms with E-state index in [1.165, 1.54) is 0 Å². The van der Waals surface area contributed by atoms with Crippen LogP contribution in [0.2, 0.25) is 0 Å². The van der Waals surface area contributed by atoms with Crippen molar-refractivity contribution in [1.29, 1.82) is 0 Å². The molecule has 4 heteroatoms. The molecule has 0 radical (unpaired) electrons. The van der Waals surface area contributed by atoms with Crippen LogP contribution in [0.3, 0.4) is 0 Å². The molecule has 0 atom stereocenters. The largest absolute Gasteiger partial charge is 0.237 e. The fourth-order valence-electron chi connectivity index (χ4n) is 1.40. The van der Waals surface area contributed by atoms with Gasteiger partial charge in [-0.3, -0.25) is 0 Å². The second-order valence-corrected chi connectivity index (χ2v) is 3.46. The number of pyridine rings is 1. The standard InChI is InChI=1S/C10H12N4/c1-7-4-8(2)10(11-5-7)14-6-9(3)12-13-14/h4-6H,1-3H3. The number of hydrogen-bond acceptors (Lipinski definition) is 3. The average Bonchev–Trinajstić information content (AvgIpc) is 2.51. The number of aromatic nitrogens is 4. The Balaban J connectivity index is 2.52. The molecule has 0 unspecified atom stereocenters. The fraction of sp³-hybridized carbons (Fsp3) is 0.300. The van der Waals surface area contributed by atoms with Gasteiger partial charge in [0.2, 0.25) is 0 Å². The molecule has 0 saturated heterocycles. The minimum Gasteiger partial charge on any atom is -0.237 e. The van der Waals surface area contributed by atoms with Gasteiger partial charge in [-0.05, 0) is 31.9 Å². The first-order valence-corrected chi connectivity index (χ1v) is 4.49. The van der Waals surface area contributed by atoms with Crippen LogP contribution in [0.4, 0.5) is 0 Å². The van der Waals surface area contributed by atoms with Gasteiger partial charge in [0.1, 0.15) is 0 Å². The first-order valence-electron chi connectivity index (χ1n) is 4.49. The van der Waals surface area contributed by atoms with Crippen molar-refractivity contribution in [3.63, 3.8) is 0 Å². The zero-order chi connectivity index (χ0) is 10.1. The molecular weight excluding hydrogens is 176 g/mol. The number of rotatable bonds is 1. The molecule has 0 fully saturated rings. The van der Waals surface area contributed by atoms with Gasteiger partial charge < -0.3 is 0 Å². The lowest BCUT2D eigenvalue weighted by Gasteiger charge is -2.03. The third-order valence-corrected chi connectivity index (χ3v) is 2.01. The maximum atomic E-state index is 4.32. The second kappa shape index (κ2) is 3.21. The third kappa shape index (κ3) is 1.51. The van der Waals surface area contributed by atoms with Crippen molar-refractivity contribution in [2.75, 3.05) is 0 Å². The van der Waals surface area contributed by atoms with Gasteiger partial charge in [0.25, 0.3) is 0 Å². The molecule has 0 aliphatic rings. The highest BCUT2D eigenvalue weighted by Gasteiger charge is 2.04. The van der Waals surface area contributed by atoms with E-state index in [9.17, 15) is 0 Å². The van der Waals surface area contributed by atoms with Gasteiger partial charge in [-0.15, -0.1) is 5.10 Å². The minimum atomic E-state index is 0.844. The topological polar surface area (TPSA) is 43.6 Å². The highest BCUT2D eigenvalue weighted by molar-refractivity contribution is 5.33. The maximum Gasteiger partial charge on any atom is 0.157 e. The molecule has 2 rings (SSSR count). The molecule has 0 aliphatic carbocycles. The van der Waals surface area contributed by atoms with Crippen molar-refractivity contribution in [1.82, 2.24) is 20.0 Å². The van der Waals surface area contributed by atoms with E-state index >= 15 is 0 Å². The lowest BCUT2D eigenvalue weighted by atomic mass is 10.2. The zero-order valence-corrected chi connectivity index (χ0v) is 8.52. The number of nitrogens with zero attached hydrogens (tertiary/aromatic N) is 4. The summed E-state index contributed by atoms with van der Waals surface area (Å²) in [6, 6.07) is 2.08. The van der Waals surface area contributed by atoms with Crippen molar-refractivity contribution in [2.45, 2.75) is 20.8 Å². The van der Waals surface area contributed by atoms with Crippen LogP contribution in [0.5, 0.6) is 0 Å². The SMILES string of the molecule is Cc1cnc(-n2cc(C)nn2)c(C)c1. The summed E-state index contributed by atoms with van der Waals surface area (Å²) >= 11 is 0. The van der Waals surface area contributed by atoms with E-state index in [1.54, 1.807) is 4.68 Å². The van der Waals surface area contributed by atoms with Crippen LogP contribution in [0.25, 0.3) is 5.82 Å². The first kappa shape index (κ1) is 8.87. The predicted octanol–water partition coefficient (Wildman–Crippen LogP) is 1.59. The van der Waals surface area contributed by atoms with E-state index in [-0.39, 0.29) is 0 Å². The smallest absolute Gasteiger partial charge is 0.157 e. The van der Waals surface area contributed by atoms with E-state index in [2.05, 4.69) is 21.4 Å². The lowest BCUT2D eigenvalue weighted by Crippen LogP contribution is -2.01. The van der Waals surface area contributed by atoms with E-state index in [0.29, 0.717) is 0 Å². The summed E-state index contributed by atoms with van der Waals surface area (Å²) in [4.78, 5) is 4.32. The molecule has 0 aromatic carbocycles. The average molecular weight is 188 g/mol. The highest BCUT2D eigenvalue weighted by atomic mass is 15.4. The monoisotopic (exact) mass is 188 g/mol. The Labute approximate surface area is 82.6 Å². The summed E-state index contributed by atoms with van der Waals surface area (Å²) in [5, 5.41) is 7.91. The van der Waals surface area contributed by atoms with Gasteiger partial charge >= 0.3 is 0 Å². The highest BCUT2D eigenvalue weighted by Crippen LogP contribution is 2.10. The Morgan fingerprint density at radius 1 is 1.21 bits per heavy atom. The van der Waals surface area contributed by atoms with Crippen LogP contribution in [0.15, 0.2) is 18.5 Å². The van der Waals surface area contributed by atoms with Crippen LogP contribution in [0.1, 0.15) is 16.8 Å². The van der Waals surface area contributed by atoms with Crippen molar-refractivity contribution < 1.29 is 0 Å². The molecule has 2 aromatic rings. The van der Waals surface area contributed by atoms with Crippen LogP contribution < -0.4 is 0 Å². The van der Waals surface area contributed by atoms with E-state index in [0.717, 1.165) is 22.6 Å². The second-order valence-electron chi connectivity index (χ2n) is 3.46. The molecule has 0 bridgehead atoms. The van der Waals surface area contributed by atoms with Crippen molar-refractivity contribution in [3.05, 3.63) is 35.3 Å². The Hall–Kier alpha value is -1.71. The van der Waals surface area contributed by atoms with Crippen molar-refractivity contribution in [2.24, 2.45) is 0 Å². The van der Waals surface area contributed by atoms with Crippen LogP contribution in [-0.4, -0.2) is 20.0 Å². The van der Waals surface area contributed by atoms with Crippen LogP contribution in [-0.2, 0) is 0 Å². The first-order chi connectivity index (χ1) is 6.66. The number of aryl methyl sites for hydroxylation is 3. The van der Waals surface area contributed by atoms with E-state index in [4.69, 9.17) is 0 Å². The van der Waals surface area contributed by atoms with Gasteiger partial charge in [-0.1, -0.05) is 11.3 Å². The maximum absolute atomic E-state index is 4.32. The normalized spacial score (nSPS) is 10.5. The zero-order valence-electron chi connectivity index (χ0n) is 8.52. The lowest BCUT2D eigenvalue weighted by molar-refractivity contribution is 0.773. The molecule has 0 amide bonds. The molecule has 0 aliphatic heterocycles. The summed E-state index contributed by atoms with van der Waals surface area (Å²) in [5.74, 6) is 0.844. The van der Waals surface area contributed by atoms with Crippen LogP contribution in [0, 0.1) is 20.8 Å². The number of hydrogen-bond donors (Lipinski definition) is 0. The third-order valence-electron chi connectivity index (χ3n) is 2.01. The van der Waals surface area contributed by atoms with E-state index < -0.39 is 0 Å². The quantitative estimate of drug-likeness (QED) is 0.682. The van der Waals surface area contributed by atoms with Crippen molar-refractivity contribution >= 4 is 0 Å². The Morgan fingerprint density at radius 3 is 2.57 bits per heavy atom. The summed E-state index contributed by atoms with van der Waals surface area (Å²) in [6.45, 7) is 5.95. The Kier molecular flexibility index (Phi) is 2.04.